The Balaban J connectivity index is 2.04. The van der Waals surface area contributed by atoms with E-state index in [4.69, 9.17) is 5.73 Å². The lowest BCUT2D eigenvalue weighted by molar-refractivity contribution is 0.272. The first-order valence-corrected chi connectivity index (χ1v) is 6.70. The van der Waals surface area contributed by atoms with Crippen molar-refractivity contribution in [1.29, 1.82) is 0 Å². The summed E-state index contributed by atoms with van der Waals surface area (Å²) < 4.78 is 0. The molecule has 0 aromatic carbocycles. The van der Waals surface area contributed by atoms with Gasteiger partial charge < -0.3 is 11.2 Å². The van der Waals surface area contributed by atoms with Gasteiger partial charge in [0.05, 0.1) is 0 Å². The quantitative estimate of drug-likeness (QED) is 0.617. The van der Waals surface area contributed by atoms with Crippen LogP contribution in [0.5, 0.6) is 0 Å². The maximum atomic E-state index is 5.72. The third-order valence-electron chi connectivity index (χ3n) is 2.54. The average molecular weight is 239 g/mol. The third-order valence-corrected chi connectivity index (χ3v) is 3.08. The fraction of sp³-hybridized carbons (Fsp3) is 0.600. The van der Waals surface area contributed by atoms with Crippen LogP contribution in [-0.4, -0.2) is 34.3 Å². The average Bonchev–Trinajstić information content (AvgIpc) is 2.29. The highest BCUT2D eigenvalue weighted by molar-refractivity contribution is 7.98. The summed E-state index contributed by atoms with van der Waals surface area (Å²) in [6, 6.07) is 1.77. The summed E-state index contributed by atoms with van der Waals surface area (Å²) in [6.07, 6.45) is 5.74. The standard InChI is InChI=1S/C10H17N5S/c1-16-10-12-8(11)7-9(13-10)14-15-5-3-2-4-6-15/h7H,2-6H2,1H3,(H3,11,12,13,14). The van der Waals surface area contributed by atoms with Crippen LogP contribution in [0.1, 0.15) is 19.3 Å². The number of anilines is 2. The highest BCUT2D eigenvalue weighted by Gasteiger charge is 2.11. The Morgan fingerprint density at radius 1 is 1.31 bits per heavy atom. The van der Waals surface area contributed by atoms with Crippen molar-refractivity contribution in [2.45, 2.75) is 24.4 Å². The second kappa shape index (κ2) is 5.36. The zero-order chi connectivity index (χ0) is 11.4. The van der Waals surface area contributed by atoms with E-state index in [0.717, 1.165) is 18.9 Å². The fourth-order valence-corrected chi connectivity index (χ4v) is 2.15. The Morgan fingerprint density at radius 3 is 2.75 bits per heavy atom. The van der Waals surface area contributed by atoms with Gasteiger partial charge in [0.25, 0.3) is 0 Å². The zero-order valence-corrected chi connectivity index (χ0v) is 10.3. The molecule has 0 saturated carbocycles. The predicted molar refractivity (Wildman–Crippen MR) is 67.3 cm³/mol. The van der Waals surface area contributed by atoms with Gasteiger partial charge in [0.2, 0.25) is 0 Å². The molecule has 0 bridgehead atoms. The van der Waals surface area contributed by atoms with E-state index in [0.29, 0.717) is 11.0 Å². The van der Waals surface area contributed by atoms with Crippen molar-refractivity contribution in [2.24, 2.45) is 0 Å². The fourth-order valence-electron chi connectivity index (χ4n) is 1.76. The molecule has 1 aliphatic heterocycles. The molecule has 16 heavy (non-hydrogen) atoms. The maximum absolute atomic E-state index is 5.72. The minimum atomic E-state index is 0.513. The van der Waals surface area contributed by atoms with Crippen molar-refractivity contribution in [3.05, 3.63) is 6.07 Å². The Kier molecular flexibility index (Phi) is 3.84. The van der Waals surface area contributed by atoms with Crippen LogP contribution in [0, 0.1) is 0 Å². The summed E-state index contributed by atoms with van der Waals surface area (Å²) >= 11 is 1.50. The van der Waals surface area contributed by atoms with Crippen LogP contribution in [0.3, 0.4) is 0 Å². The highest BCUT2D eigenvalue weighted by Crippen LogP contribution is 2.17. The Labute approximate surface area is 99.8 Å². The number of aromatic nitrogens is 2. The summed E-state index contributed by atoms with van der Waals surface area (Å²) in [6.45, 7) is 2.14. The highest BCUT2D eigenvalue weighted by atomic mass is 32.2. The number of hydrogen-bond donors (Lipinski definition) is 2. The number of nitrogens with two attached hydrogens (primary N) is 1. The lowest BCUT2D eigenvalue weighted by Gasteiger charge is -2.27. The molecule has 1 aromatic heterocycles. The van der Waals surface area contributed by atoms with Gasteiger partial charge in [-0.3, -0.25) is 0 Å². The van der Waals surface area contributed by atoms with Crippen molar-refractivity contribution in [3.63, 3.8) is 0 Å². The molecule has 1 fully saturated rings. The number of nitrogens with zero attached hydrogens (tertiary/aromatic N) is 3. The number of piperidine rings is 1. The van der Waals surface area contributed by atoms with Gasteiger partial charge in [0.15, 0.2) is 5.16 Å². The molecule has 0 aliphatic carbocycles. The van der Waals surface area contributed by atoms with Gasteiger partial charge in [0, 0.05) is 19.2 Å². The van der Waals surface area contributed by atoms with Crippen molar-refractivity contribution in [3.8, 4) is 0 Å². The number of hydrazine groups is 1. The molecule has 2 rings (SSSR count). The molecule has 0 unspecified atom stereocenters. The largest absolute Gasteiger partial charge is 0.383 e. The van der Waals surface area contributed by atoms with E-state index in [9.17, 15) is 0 Å². The maximum Gasteiger partial charge on any atom is 0.191 e. The molecular weight excluding hydrogens is 222 g/mol. The zero-order valence-electron chi connectivity index (χ0n) is 9.44. The first-order valence-electron chi connectivity index (χ1n) is 5.48. The van der Waals surface area contributed by atoms with E-state index in [-0.39, 0.29) is 0 Å². The lowest BCUT2D eigenvalue weighted by atomic mass is 10.2. The van der Waals surface area contributed by atoms with Crippen LogP contribution in [0.4, 0.5) is 11.6 Å². The number of rotatable bonds is 3. The predicted octanol–water partition coefficient (Wildman–Crippen LogP) is 1.59. The second-order valence-electron chi connectivity index (χ2n) is 3.82. The van der Waals surface area contributed by atoms with Gasteiger partial charge in [-0.1, -0.05) is 18.2 Å². The molecule has 1 aliphatic rings. The van der Waals surface area contributed by atoms with Crippen LogP contribution < -0.4 is 11.2 Å². The van der Waals surface area contributed by atoms with Crippen LogP contribution in [-0.2, 0) is 0 Å². The molecule has 6 heteroatoms. The first kappa shape index (κ1) is 11.5. The topological polar surface area (TPSA) is 67.1 Å². The summed E-state index contributed by atoms with van der Waals surface area (Å²) in [5.41, 5.74) is 9.00. The lowest BCUT2D eigenvalue weighted by Crippen LogP contribution is -2.35. The molecule has 0 spiro atoms. The molecular formula is C10H17N5S. The summed E-state index contributed by atoms with van der Waals surface area (Å²) in [5, 5.41) is 2.90. The first-order chi connectivity index (χ1) is 7.78. The molecule has 0 amide bonds. The molecule has 88 valence electrons. The minimum absolute atomic E-state index is 0.513. The Bertz CT molecular complexity index is 351. The van der Waals surface area contributed by atoms with Crippen LogP contribution >= 0.6 is 11.8 Å². The van der Waals surface area contributed by atoms with E-state index in [2.05, 4.69) is 20.4 Å². The van der Waals surface area contributed by atoms with E-state index in [1.165, 1.54) is 31.0 Å². The van der Waals surface area contributed by atoms with E-state index in [1.807, 2.05) is 6.26 Å². The monoisotopic (exact) mass is 239 g/mol. The molecule has 3 N–H and O–H groups in total. The third kappa shape index (κ3) is 2.99. The van der Waals surface area contributed by atoms with Gasteiger partial charge in [-0.2, -0.15) is 0 Å². The Hall–Kier alpha value is -1.01. The molecule has 0 radical (unpaired) electrons. The van der Waals surface area contributed by atoms with E-state index < -0.39 is 0 Å². The van der Waals surface area contributed by atoms with Crippen molar-refractivity contribution >= 4 is 23.4 Å². The van der Waals surface area contributed by atoms with Crippen LogP contribution in [0.25, 0.3) is 0 Å². The normalized spacial score (nSPS) is 17.3. The van der Waals surface area contributed by atoms with E-state index in [1.54, 1.807) is 6.07 Å². The Morgan fingerprint density at radius 2 is 2.06 bits per heavy atom. The molecule has 5 nitrogen and oxygen atoms in total. The van der Waals surface area contributed by atoms with Crippen molar-refractivity contribution in [2.75, 3.05) is 30.5 Å². The van der Waals surface area contributed by atoms with Gasteiger partial charge in [-0.15, -0.1) is 0 Å². The van der Waals surface area contributed by atoms with Crippen LogP contribution in [0.15, 0.2) is 11.2 Å². The van der Waals surface area contributed by atoms with Crippen LogP contribution in [0.2, 0.25) is 0 Å². The number of nitrogen functional groups attached to an aromatic ring is 1. The van der Waals surface area contributed by atoms with Crippen molar-refractivity contribution in [1.82, 2.24) is 15.0 Å². The summed E-state index contributed by atoms with van der Waals surface area (Å²) in [4.78, 5) is 8.48. The minimum Gasteiger partial charge on any atom is -0.383 e. The molecule has 1 saturated heterocycles. The van der Waals surface area contributed by atoms with E-state index >= 15 is 0 Å². The molecule has 1 aromatic rings. The second-order valence-corrected chi connectivity index (χ2v) is 4.60. The molecule has 0 atom stereocenters. The van der Waals surface area contributed by atoms with Gasteiger partial charge >= 0.3 is 0 Å². The number of nitrogens with one attached hydrogen (secondary N) is 1. The summed E-state index contributed by atoms with van der Waals surface area (Å²) in [5.74, 6) is 1.30. The van der Waals surface area contributed by atoms with Crippen molar-refractivity contribution < 1.29 is 0 Å². The summed E-state index contributed by atoms with van der Waals surface area (Å²) in [7, 11) is 0. The number of hydrogen-bond acceptors (Lipinski definition) is 6. The SMILES string of the molecule is CSc1nc(N)cc(NN2CCCCC2)n1. The van der Waals surface area contributed by atoms with Gasteiger partial charge in [-0.05, 0) is 19.1 Å². The smallest absolute Gasteiger partial charge is 0.191 e. The number of thioether (sulfide) groups is 1. The molecule has 2 heterocycles. The van der Waals surface area contributed by atoms with Gasteiger partial charge in [0.1, 0.15) is 11.6 Å². The van der Waals surface area contributed by atoms with Gasteiger partial charge in [-0.25, -0.2) is 15.0 Å².